The lowest BCUT2D eigenvalue weighted by Crippen LogP contribution is -2.27. The van der Waals surface area contributed by atoms with Gasteiger partial charge in [-0.2, -0.15) is 0 Å². The van der Waals surface area contributed by atoms with Gasteiger partial charge in [-0.1, -0.05) is 60.4 Å². The fraction of sp³-hybridized carbons (Fsp3) is 0. The second-order valence-electron chi connectivity index (χ2n) is 5.27. The lowest BCUT2D eigenvalue weighted by atomic mass is 10.1. The number of thioether (sulfide) groups is 1. The molecule has 4 rings (SSSR count). The van der Waals surface area contributed by atoms with Crippen LogP contribution >= 0.6 is 24.0 Å². The molecule has 2 heterocycles. The van der Waals surface area contributed by atoms with Crippen molar-refractivity contribution in [3.05, 3.63) is 77.3 Å². The van der Waals surface area contributed by atoms with E-state index in [1.54, 1.807) is 11.1 Å². The van der Waals surface area contributed by atoms with Gasteiger partial charge in [0.25, 0.3) is 5.91 Å². The zero-order valence-corrected chi connectivity index (χ0v) is 14.2. The number of nitrogens with zero attached hydrogens (tertiary/aromatic N) is 2. The molecule has 116 valence electrons. The van der Waals surface area contributed by atoms with Crippen molar-refractivity contribution in [2.45, 2.75) is 0 Å². The highest BCUT2D eigenvalue weighted by Crippen LogP contribution is 2.36. The molecule has 0 atom stereocenters. The number of hydrogen-bond donors (Lipinski definition) is 0. The van der Waals surface area contributed by atoms with E-state index >= 15 is 0 Å². The summed E-state index contributed by atoms with van der Waals surface area (Å²) >= 11 is 6.73. The van der Waals surface area contributed by atoms with Gasteiger partial charge in [0.05, 0.1) is 16.1 Å². The Morgan fingerprint density at radius 1 is 1.00 bits per heavy atom. The lowest BCUT2D eigenvalue weighted by Gasteiger charge is -2.13. The Labute approximate surface area is 149 Å². The largest absolute Gasteiger partial charge is 0.270 e. The number of rotatable bonds is 2. The van der Waals surface area contributed by atoms with Gasteiger partial charge in [0.1, 0.15) is 0 Å². The minimum Gasteiger partial charge on any atom is -0.268 e. The van der Waals surface area contributed by atoms with Gasteiger partial charge in [-0.15, -0.1) is 0 Å². The molecular weight excluding hydrogens is 336 g/mol. The molecule has 0 unspecified atom stereocenters. The number of carbonyl (C=O) groups is 1. The number of thiocarbonyl (C=S) groups is 1. The van der Waals surface area contributed by atoms with Crippen LogP contribution in [0.25, 0.3) is 17.0 Å². The van der Waals surface area contributed by atoms with Gasteiger partial charge in [-0.25, -0.2) is 0 Å². The van der Waals surface area contributed by atoms with Crippen LogP contribution in [0.4, 0.5) is 5.69 Å². The van der Waals surface area contributed by atoms with Crippen LogP contribution in [-0.4, -0.2) is 15.2 Å². The summed E-state index contributed by atoms with van der Waals surface area (Å²) in [7, 11) is 0. The van der Waals surface area contributed by atoms with Crippen molar-refractivity contribution in [1.82, 2.24) is 4.98 Å². The molecule has 1 saturated heterocycles. The van der Waals surface area contributed by atoms with Crippen LogP contribution in [0.3, 0.4) is 0 Å². The molecule has 0 N–H and O–H groups in total. The van der Waals surface area contributed by atoms with Gasteiger partial charge in [-0.05, 0) is 35.9 Å². The second kappa shape index (κ2) is 6.19. The third-order valence-electron chi connectivity index (χ3n) is 3.78. The normalized spacial score (nSPS) is 16.3. The first-order valence-corrected chi connectivity index (χ1v) is 8.63. The van der Waals surface area contributed by atoms with Crippen LogP contribution in [0.2, 0.25) is 0 Å². The molecule has 3 nitrogen and oxygen atoms in total. The first-order valence-electron chi connectivity index (χ1n) is 7.41. The number of carbonyl (C=O) groups excluding carboxylic acids is 1. The Kier molecular flexibility index (Phi) is 3.88. The minimum atomic E-state index is -0.0860. The average molecular weight is 348 g/mol. The molecule has 1 aliphatic rings. The maximum Gasteiger partial charge on any atom is 0.270 e. The topological polar surface area (TPSA) is 33.2 Å². The zero-order chi connectivity index (χ0) is 16.5. The van der Waals surface area contributed by atoms with Crippen molar-refractivity contribution in [3.8, 4) is 0 Å². The number of fused-ring (bicyclic) bond motifs is 1. The van der Waals surface area contributed by atoms with Crippen LogP contribution in [0.5, 0.6) is 0 Å². The lowest BCUT2D eigenvalue weighted by molar-refractivity contribution is -0.113. The molecule has 0 spiro atoms. The summed E-state index contributed by atoms with van der Waals surface area (Å²) < 4.78 is 0.552. The third-order valence-corrected chi connectivity index (χ3v) is 5.08. The zero-order valence-electron chi connectivity index (χ0n) is 12.5. The number of para-hydroxylation sites is 2. The van der Waals surface area contributed by atoms with Crippen molar-refractivity contribution >= 4 is 56.9 Å². The monoisotopic (exact) mass is 348 g/mol. The van der Waals surface area contributed by atoms with E-state index in [0.29, 0.717) is 9.23 Å². The Bertz CT molecular complexity index is 978. The second-order valence-corrected chi connectivity index (χ2v) is 6.95. The molecule has 1 amide bonds. The van der Waals surface area contributed by atoms with Crippen LogP contribution in [0, 0.1) is 0 Å². The van der Waals surface area contributed by atoms with E-state index in [2.05, 4.69) is 4.98 Å². The van der Waals surface area contributed by atoms with E-state index in [9.17, 15) is 4.79 Å². The molecule has 0 saturated carbocycles. The molecule has 2 aromatic carbocycles. The Hall–Kier alpha value is -2.50. The van der Waals surface area contributed by atoms with Crippen molar-refractivity contribution < 1.29 is 4.79 Å². The number of benzene rings is 2. The number of anilines is 1. The highest BCUT2D eigenvalue weighted by atomic mass is 32.2. The van der Waals surface area contributed by atoms with Crippen molar-refractivity contribution in [1.29, 1.82) is 0 Å². The van der Waals surface area contributed by atoms with E-state index in [1.807, 2.05) is 66.7 Å². The van der Waals surface area contributed by atoms with Gasteiger partial charge < -0.3 is 0 Å². The number of amides is 1. The van der Waals surface area contributed by atoms with Gasteiger partial charge in [0.2, 0.25) is 0 Å². The quantitative estimate of drug-likeness (QED) is 0.499. The Morgan fingerprint density at radius 2 is 1.75 bits per heavy atom. The fourth-order valence-electron chi connectivity index (χ4n) is 2.65. The van der Waals surface area contributed by atoms with E-state index in [0.717, 1.165) is 22.2 Å². The summed E-state index contributed by atoms with van der Waals surface area (Å²) in [6.45, 7) is 0. The van der Waals surface area contributed by atoms with Gasteiger partial charge in [0.15, 0.2) is 4.32 Å². The first-order chi connectivity index (χ1) is 11.7. The van der Waals surface area contributed by atoms with E-state index in [4.69, 9.17) is 12.2 Å². The first kappa shape index (κ1) is 15.1. The minimum absolute atomic E-state index is 0.0860. The summed E-state index contributed by atoms with van der Waals surface area (Å²) in [5.41, 5.74) is 2.67. The van der Waals surface area contributed by atoms with Crippen LogP contribution in [0.1, 0.15) is 5.56 Å². The summed E-state index contributed by atoms with van der Waals surface area (Å²) in [5.74, 6) is -0.0860. The number of hydrogen-bond acceptors (Lipinski definition) is 4. The predicted octanol–water partition coefficient (Wildman–Crippen LogP) is 4.64. The molecule has 5 heteroatoms. The summed E-state index contributed by atoms with van der Waals surface area (Å²) in [5, 5.41) is 1.02. The van der Waals surface area contributed by atoms with E-state index < -0.39 is 0 Å². The van der Waals surface area contributed by atoms with Crippen LogP contribution in [0.15, 0.2) is 71.8 Å². The van der Waals surface area contributed by atoms with Gasteiger partial charge >= 0.3 is 0 Å². The molecule has 0 radical (unpaired) electrons. The van der Waals surface area contributed by atoms with Gasteiger partial charge in [-0.3, -0.25) is 14.7 Å². The molecular formula is C19H12N2OS2. The Balaban J connectivity index is 1.76. The summed E-state index contributed by atoms with van der Waals surface area (Å²) in [6.07, 6.45) is 3.65. The standard InChI is InChI=1S/C19H12N2OS2/c22-18-17(24-19(23)21(18)14-6-2-1-3-7-14)12-13-10-11-20-16-9-5-4-8-15(13)16/h1-12H. The number of pyridine rings is 1. The molecule has 1 fully saturated rings. The fourth-order valence-corrected chi connectivity index (χ4v) is 3.94. The maximum atomic E-state index is 12.8. The van der Waals surface area contributed by atoms with Crippen molar-refractivity contribution in [2.24, 2.45) is 0 Å². The molecule has 0 aliphatic carbocycles. The molecule has 3 aromatic rings. The van der Waals surface area contributed by atoms with Gasteiger partial charge in [0, 0.05) is 11.6 Å². The van der Waals surface area contributed by atoms with Crippen LogP contribution in [-0.2, 0) is 4.79 Å². The molecule has 0 bridgehead atoms. The Morgan fingerprint density at radius 3 is 2.58 bits per heavy atom. The number of aromatic nitrogens is 1. The van der Waals surface area contributed by atoms with Crippen molar-refractivity contribution in [2.75, 3.05) is 4.90 Å². The summed E-state index contributed by atoms with van der Waals surface area (Å²) in [4.78, 5) is 19.4. The average Bonchev–Trinajstić information content (AvgIpc) is 2.90. The van der Waals surface area contributed by atoms with E-state index in [-0.39, 0.29) is 5.91 Å². The SMILES string of the molecule is O=C1C(=Cc2ccnc3ccccc23)SC(=S)N1c1ccccc1. The highest BCUT2D eigenvalue weighted by molar-refractivity contribution is 8.27. The van der Waals surface area contributed by atoms with Crippen molar-refractivity contribution in [3.63, 3.8) is 0 Å². The van der Waals surface area contributed by atoms with E-state index in [1.165, 1.54) is 11.8 Å². The molecule has 24 heavy (non-hydrogen) atoms. The van der Waals surface area contributed by atoms with Crippen LogP contribution < -0.4 is 4.90 Å². The smallest absolute Gasteiger partial charge is 0.268 e. The molecule has 1 aromatic heterocycles. The third kappa shape index (κ3) is 2.62. The molecule has 1 aliphatic heterocycles. The predicted molar refractivity (Wildman–Crippen MR) is 104 cm³/mol. The highest BCUT2D eigenvalue weighted by Gasteiger charge is 2.33. The summed E-state index contributed by atoms with van der Waals surface area (Å²) in [6, 6.07) is 19.3. The maximum absolute atomic E-state index is 12.8.